The number of hydrogen-bond donors (Lipinski definition) is 0. The van der Waals surface area contributed by atoms with Gasteiger partial charge in [0.05, 0.1) is 18.1 Å². The number of furan rings is 3. The highest BCUT2D eigenvalue weighted by atomic mass is 16.4. The Kier molecular flexibility index (Phi) is 3.92. The van der Waals surface area contributed by atoms with Crippen LogP contribution in [0.25, 0.3) is 33.7 Å². The Hall–Kier alpha value is -4.24. The summed E-state index contributed by atoms with van der Waals surface area (Å²) in [6.07, 6.45) is 6.80. The van der Waals surface area contributed by atoms with Gasteiger partial charge in [-0.2, -0.15) is 5.26 Å². The molecule has 0 fully saturated rings. The molecule has 0 saturated heterocycles. The maximum atomic E-state index is 9.82. The summed E-state index contributed by atoms with van der Waals surface area (Å²) >= 11 is 0. The molecule has 4 aromatic heterocycles. The summed E-state index contributed by atoms with van der Waals surface area (Å²) in [7, 11) is 1.98. The van der Waals surface area contributed by atoms with E-state index < -0.39 is 0 Å². The zero-order chi connectivity index (χ0) is 19.8. The molecule has 5 rings (SSSR count). The molecule has 0 N–H and O–H groups in total. The van der Waals surface area contributed by atoms with E-state index in [-0.39, 0.29) is 5.88 Å². The summed E-state index contributed by atoms with van der Waals surface area (Å²) in [5, 5.41) is 10.9. The van der Waals surface area contributed by atoms with Gasteiger partial charge in [0.1, 0.15) is 17.4 Å². The standard InChI is InChI=1S/C23H15N3O3/c1-26-14-15(16-6-2-3-7-18(16)26)13-25-23-17(12-24)21(19-8-4-10-27-19)22(29-23)20-9-5-11-28-20/h2-11,13-14H,1H3. The lowest BCUT2D eigenvalue weighted by atomic mass is 10.1. The molecule has 5 aromatic rings. The Bertz CT molecular complexity index is 1360. The van der Waals surface area contributed by atoms with E-state index in [0.29, 0.717) is 28.4 Å². The molecule has 0 saturated carbocycles. The fourth-order valence-electron chi connectivity index (χ4n) is 3.46. The number of nitrogens with zero attached hydrogens (tertiary/aromatic N) is 3. The van der Waals surface area contributed by atoms with Gasteiger partial charge in [0.15, 0.2) is 11.5 Å². The van der Waals surface area contributed by atoms with Crippen molar-refractivity contribution in [2.24, 2.45) is 12.0 Å². The smallest absolute Gasteiger partial charge is 0.238 e. The predicted octanol–water partition coefficient (Wildman–Crippen LogP) is 5.91. The second-order valence-corrected chi connectivity index (χ2v) is 6.52. The zero-order valence-electron chi connectivity index (χ0n) is 15.5. The molecular formula is C23H15N3O3. The SMILES string of the molecule is Cn1cc(C=Nc2oc(-c3ccco3)c(-c3ccco3)c2C#N)c2ccccc21. The lowest BCUT2D eigenvalue weighted by Crippen LogP contribution is -1.82. The summed E-state index contributed by atoms with van der Waals surface area (Å²) in [6.45, 7) is 0. The molecule has 4 heterocycles. The van der Waals surface area contributed by atoms with E-state index in [0.717, 1.165) is 16.5 Å². The topological polar surface area (TPSA) is 80.5 Å². The van der Waals surface area contributed by atoms with Crippen molar-refractivity contribution in [1.29, 1.82) is 5.26 Å². The number of aryl methyl sites for hydroxylation is 1. The van der Waals surface area contributed by atoms with Gasteiger partial charge in [0.2, 0.25) is 5.88 Å². The minimum atomic E-state index is 0.207. The zero-order valence-corrected chi connectivity index (χ0v) is 15.5. The number of hydrogen-bond acceptors (Lipinski definition) is 5. The van der Waals surface area contributed by atoms with Crippen LogP contribution in [-0.4, -0.2) is 10.8 Å². The lowest BCUT2D eigenvalue weighted by molar-refractivity contribution is 0.527. The number of para-hydroxylation sites is 1. The highest BCUT2D eigenvalue weighted by Crippen LogP contribution is 2.42. The summed E-state index contributed by atoms with van der Waals surface area (Å²) in [6, 6.07) is 17.3. The van der Waals surface area contributed by atoms with E-state index in [2.05, 4.69) is 11.1 Å². The average Bonchev–Trinajstić information content (AvgIpc) is 3.52. The van der Waals surface area contributed by atoms with Gasteiger partial charge in [0.25, 0.3) is 0 Å². The molecule has 0 atom stereocenters. The Labute approximate surface area is 165 Å². The number of fused-ring (bicyclic) bond motifs is 1. The van der Waals surface area contributed by atoms with Crippen LogP contribution in [0, 0.1) is 11.3 Å². The quantitative estimate of drug-likeness (QED) is 0.362. The average molecular weight is 381 g/mol. The first kappa shape index (κ1) is 16.9. The molecule has 140 valence electrons. The van der Waals surface area contributed by atoms with E-state index in [4.69, 9.17) is 13.3 Å². The first-order chi connectivity index (χ1) is 14.3. The highest BCUT2D eigenvalue weighted by molar-refractivity contribution is 6.00. The van der Waals surface area contributed by atoms with Gasteiger partial charge in [-0.05, 0) is 30.3 Å². The number of aliphatic imine (C=N–C) groups is 1. The van der Waals surface area contributed by atoms with E-state index in [1.807, 2.05) is 42.1 Å². The van der Waals surface area contributed by atoms with Gasteiger partial charge in [-0.25, -0.2) is 4.99 Å². The van der Waals surface area contributed by atoms with Gasteiger partial charge in [-0.3, -0.25) is 0 Å². The second kappa shape index (κ2) is 6.73. The molecule has 29 heavy (non-hydrogen) atoms. The van der Waals surface area contributed by atoms with Crippen molar-refractivity contribution in [3.63, 3.8) is 0 Å². The molecule has 0 unspecified atom stereocenters. The Balaban J connectivity index is 1.67. The summed E-state index contributed by atoms with van der Waals surface area (Å²) in [5.41, 5.74) is 2.85. The minimum Gasteiger partial charge on any atom is -0.464 e. The van der Waals surface area contributed by atoms with Crippen molar-refractivity contribution in [2.75, 3.05) is 0 Å². The third kappa shape index (κ3) is 2.77. The van der Waals surface area contributed by atoms with Gasteiger partial charge in [-0.15, -0.1) is 0 Å². The first-order valence-corrected chi connectivity index (χ1v) is 8.99. The minimum absolute atomic E-state index is 0.207. The summed E-state index contributed by atoms with van der Waals surface area (Å²) in [4.78, 5) is 4.50. The molecule has 0 aliphatic carbocycles. The molecule has 0 spiro atoms. The maximum Gasteiger partial charge on any atom is 0.238 e. The van der Waals surface area contributed by atoms with Crippen LogP contribution in [0.5, 0.6) is 0 Å². The third-order valence-electron chi connectivity index (χ3n) is 4.76. The fourth-order valence-corrected chi connectivity index (χ4v) is 3.46. The number of nitriles is 1. The van der Waals surface area contributed by atoms with Crippen LogP contribution in [0.15, 0.2) is 85.5 Å². The van der Waals surface area contributed by atoms with Gasteiger partial charge in [-0.1, -0.05) is 18.2 Å². The number of aromatic nitrogens is 1. The van der Waals surface area contributed by atoms with Gasteiger partial charge >= 0.3 is 0 Å². The molecule has 6 heteroatoms. The second-order valence-electron chi connectivity index (χ2n) is 6.52. The fraction of sp³-hybridized carbons (Fsp3) is 0.0435. The van der Waals surface area contributed by atoms with E-state index in [1.165, 1.54) is 0 Å². The van der Waals surface area contributed by atoms with Crippen molar-refractivity contribution in [2.45, 2.75) is 0 Å². The van der Waals surface area contributed by atoms with E-state index in [9.17, 15) is 5.26 Å². The van der Waals surface area contributed by atoms with Crippen molar-refractivity contribution in [3.05, 3.63) is 78.4 Å². The van der Waals surface area contributed by atoms with E-state index >= 15 is 0 Å². The molecule has 0 amide bonds. The normalized spacial score (nSPS) is 11.4. The lowest BCUT2D eigenvalue weighted by Gasteiger charge is -1.96. The number of benzene rings is 1. The molecule has 1 aromatic carbocycles. The Morgan fingerprint density at radius 3 is 2.48 bits per heavy atom. The Morgan fingerprint density at radius 2 is 1.76 bits per heavy atom. The van der Waals surface area contributed by atoms with Crippen LogP contribution >= 0.6 is 0 Å². The first-order valence-electron chi connectivity index (χ1n) is 8.99. The van der Waals surface area contributed by atoms with Crippen molar-refractivity contribution < 1.29 is 13.3 Å². The van der Waals surface area contributed by atoms with Crippen LogP contribution in [0.2, 0.25) is 0 Å². The molecule has 6 nitrogen and oxygen atoms in total. The van der Waals surface area contributed by atoms with E-state index in [1.54, 1.807) is 43.0 Å². The molecule has 0 bridgehead atoms. The van der Waals surface area contributed by atoms with Crippen molar-refractivity contribution >= 4 is 23.0 Å². The van der Waals surface area contributed by atoms with Crippen molar-refractivity contribution in [1.82, 2.24) is 4.57 Å². The summed E-state index contributed by atoms with van der Waals surface area (Å²) in [5.74, 6) is 1.63. The molecule has 0 aliphatic heterocycles. The van der Waals surface area contributed by atoms with Crippen LogP contribution in [0.4, 0.5) is 5.88 Å². The third-order valence-corrected chi connectivity index (χ3v) is 4.76. The number of rotatable bonds is 4. The highest BCUT2D eigenvalue weighted by Gasteiger charge is 2.26. The van der Waals surface area contributed by atoms with Crippen LogP contribution in [0.1, 0.15) is 11.1 Å². The monoisotopic (exact) mass is 381 g/mol. The molecular weight excluding hydrogens is 366 g/mol. The summed E-state index contributed by atoms with van der Waals surface area (Å²) < 4.78 is 19.0. The van der Waals surface area contributed by atoms with Gasteiger partial charge < -0.3 is 17.8 Å². The Morgan fingerprint density at radius 1 is 1.00 bits per heavy atom. The van der Waals surface area contributed by atoms with Gasteiger partial charge in [0, 0.05) is 35.9 Å². The van der Waals surface area contributed by atoms with Crippen LogP contribution < -0.4 is 0 Å². The molecule has 0 aliphatic rings. The predicted molar refractivity (Wildman–Crippen MR) is 109 cm³/mol. The van der Waals surface area contributed by atoms with Crippen LogP contribution in [-0.2, 0) is 7.05 Å². The van der Waals surface area contributed by atoms with Crippen molar-refractivity contribution in [3.8, 4) is 28.9 Å². The molecule has 0 radical (unpaired) electrons. The maximum absolute atomic E-state index is 9.82. The largest absolute Gasteiger partial charge is 0.464 e. The van der Waals surface area contributed by atoms with Crippen LogP contribution in [0.3, 0.4) is 0 Å².